The van der Waals surface area contributed by atoms with Gasteiger partial charge in [0.2, 0.25) is 0 Å². The van der Waals surface area contributed by atoms with Gasteiger partial charge in [-0.1, -0.05) is 31.4 Å². The summed E-state index contributed by atoms with van der Waals surface area (Å²) in [4.78, 5) is 11.7. The zero-order chi connectivity index (χ0) is 13.3. The van der Waals surface area contributed by atoms with Gasteiger partial charge in [0.05, 0.1) is 27.4 Å². The molecule has 0 amide bonds. The third-order valence-electron chi connectivity index (χ3n) is 3.24. The fourth-order valence-corrected chi connectivity index (χ4v) is 3.06. The summed E-state index contributed by atoms with van der Waals surface area (Å²) in [5.74, 6) is 1.06. The number of hydrogen-bond donors (Lipinski definition) is 0. The summed E-state index contributed by atoms with van der Waals surface area (Å²) in [5, 5.41) is 0. The van der Waals surface area contributed by atoms with Crippen LogP contribution in [0.1, 0.15) is 11.7 Å². The molecule has 1 heterocycles. The van der Waals surface area contributed by atoms with Gasteiger partial charge in [0.1, 0.15) is 5.76 Å². The zero-order valence-electron chi connectivity index (χ0n) is 11.3. The monoisotopic (exact) mass is 264 g/mol. The van der Waals surface area contributed by atoms with E-state index in [0.29, 0.717) is 0 Å². The van der Waals surface area contributed by atoms with E-state index in [-0.39, 0.29) is 23.7 Å². The van der Waals surface area contributed by atoms with Crippen LogP contribution in [0.15, 0.2) is 34.6 Å². The molecular formula is C14H20O3Si. The summed E-state index contributed by atoms with van der Waals surface area (Å²) in [5.41, 5.74) is 2.29. The first-order chi connectivity index (χ1) is 8.44. The number of hydrogen-bond acceptors (Lipinski definition) is 3. The molecule has 1 aliphatic rings. The molecule has 0 N–H and O–H groups in total. The third kappa shape index (κ3) is 2.75. The van der Waals surface area contributed by atoms with Crippen LogP contribution in [0.25, 0.3) is 0 Å². The van der Waals surface area contributed by atoms with Crippen molar-refractivity contribution in [2.24, 2.45) is 11.8 Å². The number of methoxy groups -OCH3 is 1. The van der Waals surface area contributed by atoms with Crippen LogP contribution in [0.2, 0.25) is 19.6 Å². The number of carbonyl (C=O) groups excluding carboxylic acids is 1. The van der Waals surface area contributed by atoms with Gasteiger partial charge in [-0.2, -0.15) is 0 Å². The van der Waals surface area contributed by atoms with E-state index in [1.807, 2.05) is 12.1 Å². The molecular weight excluding hydrogens is 244 g/mol. The lowest BCUT2D eigenvalue weighted by Gasteiger charge is -2.07. The van der Waals surface area contributed by atoms with Crippen LogP contribution in [-0.2, 0) is 9.53 Å². The number of allylic oxidation sites excluding steroid dienone is 1. The van der Waals surface area contributed by atoms with Gasteiger partial charge in [0.15, 0.2) is 0 Å². The second kappa shape index (κ2) is 4.76. The van der Waals surface area contributed by atoms with Gasteiger partial charge in [-0.05, 0) is 12.1 Å². The SMILES string of the molecule is COC(=O)[C@@H]1[C@H](/C=C/[Si](C)(C)C)[C@H]1c1ccco1. The first-order valence-corrected chi connectivity index (χ1v) is 9.82. The highest BCUT2D eigenvalue weighted by Crippen LogP contribution is 2.55. The minimum atomic E-state index is -1.23. The van der Waals surface area contributed by atoms with Crippen molar-refractivity contribution in [3.05, 3.63) is 35.9 Å². The molecule has 0 spiro atoms. The molecule has 18 heavy (non-hydrogen) atoms. The molecule has 0 bridgehead atoms. The van der Waals surface area contributed by atoms with Gasteiger partial charge in [0.25, 0.3) is 0 Å². The van der Waals surface area contributed by atoms with Gasteiger partial charge >= 0.3 is 5.97 Å². The van der Waals surface area contributed by atoms with E-state index in [0.717, 1.165) is 5.76 Å². The summed E-state index contributed by atoms with van der Waals surface area (Å²) < 4.78 is 10.3. The maximum absolute atomic E-state index is 11.7. The summed E-state index contributed by atoms with van der Waals surface area (Å²) in [7, 11) is 0.211. The molecule has 0 aliphatic heterocycles. The molecule has 1 saturated carbocycles. The van der Waals surface area contributed by atoms with Crippen molar-refractivity contribution in [2.75, 3.05) is 7.11 Å². The Labute approximate surface area is 109 Å². The number of carbonyl (C=O) groups is 1. The Kier molecular flexibility index (Phi) is 3.48. The molecule has 3 nitrogen and oxygen atoms in total. The van der Waals surface area contributed by atoms with E-state index in [4.69, 9.17) is 9.15 Å². The smallest absolute Gasteiger partial charge is 0.310 e. The quantitative estimate of drug-likeness (QED) is 0.619. The fourth-order valence-electron chi connectivity index (χ4n) is 2.26. The average Bonchev–Trinajstić information content (AvgIpc) is 2.76. The lowest BCUT2D eigenvalue weighted by molar-refractivity contribution is -0.142. The summed E-state index contributed by atoms with van der Waals surface area (Å²) >= 11 is 0. The second-order valence-electron chi connectivity index (χ2n) is 5.89. The summed E-state index contributed by atoms with van der Waals surface area (Å²) in [6.07, 6.45) is 3.84. The van der Waals surface area contributed by atoms with Crippen LogP contribution in [0.4, 0.5) is 0 Å². The van der Waals surface area contributed by atoms with E-state index in [1.165, 1.54) is 7.11 Å². The van der Waals surface area contributed by atoms with E-state index in [2.05, 4.69) is 31.4 Å². The van der Waals surface area contributed by atoms with E-state index in [9.17, 15) is 4.79 Å². The molecule has 1 aromatic heterocycles. The number of furan rings is 1. The van der Waals surface area contributed by atoms with E-state index in [1.54, 1.807) is 6.26 Å². The minimum Gasteiger partial charge on any atom is -0.469 e. The zero-order valence-corrected chi connectivity index (χ0v) is 12.3. The Morgan fingerprint density at radius 2 is 2.17 bits per heavy atom. The third-order valence-corrected chi connectivity index (χ3v) is 4.43. The van der Waals surface area contributed by atoms with Crippen molar-refractivity contribution in [3.63, 3.8) is 0 Å². The normalized spacial score (nSPS) is 27.4. The van der Waals surface area contributed by atoms with Crippen LogP contribution >= 0.6 is 0 Å². The maximum atomic E-state index is 11.7. The van der Waals surface area contributed by atoms with Crippen LogP contribution in [0.5, 0.6) is 0 Å². The molecule has 0 radical (unpaired) electrons. The number of ether oxygens (including phenoxy) is 1. The molecule has 2 rings (SSSR count). The van der Waals surface area contributed by atoms with Gasteiger partial charge in [0, 0.05) is 11.8 Å². The first-order valence-electron chi connectivity index (χ1n) is 6.24. The van der Waals surface area contributed by atoms with Crippen molar-refractivity contribution in [1.29, 1.82) is 0 Å². The Morgan fingerprint density at radius 1 is 1.44 bits per heavy atom. The molecule has 0 aromatic carbocycles. The Balaban J connectivity index is 2.14. The summed E-state index contributed by atoms with van der Waals surface area (Å²) in [6, 6.07) is 3.80. The highest BCUT2D eigenvalue weighted by molar-refractivity contribution is 6.80. The standard InChI is InChI=1S/C14H20O3Si/c1-16-14(15)13-10(7-9-18(2,3)4)12(13)11-6-5-8-17-11/h5-10,12-13H,1-4H3/b9-7+/t10-,12+,13-/m1/s1. The molecule has 3 atom stereocenters. The molecule has 1 aliphatic carbocycles. The van der Waals surface area contributed by atoms with Gasteiger partial charge < -0.3 is 9.15 Å². The van der Waals surface area contributed by atoms with Crippen molar-refractivity contribution in [2.45, 2.75) is 25.6 Å². The number of rotatable bonds is 4. The van der Waals surface area contributed by atoms with Crippen LogP contribution < -0.4 is 0 Å². The largest absolute Gasteiger partial charge is 0.469 e. The van der Waals surface area contributed by atoms with E-state index < -0.39 is 8.07 Å². The van der Waals surface area contributed by atoms with Crippen LogP contribution in [-0.4, -0.2) is 21.2 Å². The Morgan fingerprint density at radius 3 is 2.67 bits per heavy atom. The van der Waals surface area contributed by atoms with Crippen molar-refractivity contribution in [3.8, 4) is 0 Å². The molecule has 1 fully saturated rings. The van der Waals surface area contributed by atoms with Gasteiger partial charge in [-0.15, -0.1) is 0 Å². The molecule has 1 aromatic rings. The second-order valence-corrected chi connectivity index (χ2v) is 11.0. The fraction of sp³-hybridized carbons (Fsp3) is 0.500. The lowest BCUT2D eigenvalue weighted by atomic mass is 10.2. The summed E-state index contributed by atoms with van der Waals surface area (Å²) in [6.45, 7) is 6.84. The first kappa shape index (κ1) is 13.1. The van der Waals surface area contributed by atoms with Crippen LogP contribution in [0, 0.1) is 11.8 Å². The molecule has 0 unspecified atom stereocenters. The molecule has 98 valence electrons. The molecule has 4 heteroatoms. The number of esters is 1. The molecule has 0 saturated heterocycles. The van der Waals surface area contributed by atoms with Crippen LogP contribution in [0.3, 0.4) is 0 Å². The Hall–Kier alpha value is -1.29. The maximum Gasteiger partial charge on any atom is 0.310 e. The highest BCUT2D eigenvalue weighted by Gasteiger charge is 2.56. The highest BCUT2D eigenvalue weighted by atomic mass is 28.3. The predicted octanol–water partition coefficient (Wildman–Crippen LogP) is 3.22. The topological polar surface area (TPSA) is 39.4 Å². The van der Waals surface area contributed by atoms with Gasteiger partial charge in [-0.3, -0.25) is 4.79 Å². The van der Waals surface area contributed by atoms with Gasteiger partial charge in [-0.25, -0.2) is 0 Å². The van der Waals surface area contributed by atoms with Crippen molar-refractivity contribution < 1.29 is 13.9 Å². The predicted molar refractivity (Wildman–Crippen MR) is 72.9 cm³/mol. The Bertz CT molecular complexity index is 442. The van der Waals surface area contributed by atoms with Crippen molar-refractivity contribution >= 4 is 14.0 Å². The van der Waals surface area contributed by atoms with E-state index >= 15 is 0 Å². The van der Waals surface area contributed by atoms with Crippen molar-refractivity contribution in [1.82, 2.24) is 0 Å². The average molecular weight is 264 g/mol. The minimum absolute atomic E-state index is 0.0752. The lowest BCUT2D eigenvalue weighted by Crippen LogP contribution is -2.15.